The maximum Gasteiger partial charge on any atom is 0.311 e. The standard InChI is InChI=1S/C40H73NO12/c1-17-28-40(11,45)33(43)23(4)30(42)21(2)19-38(8,9)34(53-37-32(46-14)27(41(12)13)18-22(3)49-37)24(5)31(25(6)36(44)51-28)52-29-20-39(10,48-16)35(47-15)26(7)50-29/h21-29,31-35,37,43,45H,17-20H2,1-16H3/t21?,22?,23?,24?,25?,26?,27?,28-,29?,31?,32?,33?,34?,35?,37?,39?,40?/m1/s1. The largest absolute Gasteiger partial charge is 0.459 e. The molecule has 3 rings (SSSR count). The van der Waals surface area contributed by atoms with Gasteiger partial charge in [0.15, 0.2) is 12.6 Å². The minimum atomic E-state index is -1.91. The number of carbonyl (C=O) groups is 2. The Morgan fingerprint density at radius 3 is 2.00 bits per heavy atom. The molecule has 53 heavy (non-hydrogen) atoms. The number of rotatable bonds is 9. The van der Waals surface area contributed by atoms with E-state index in [1.165, 1.54) is 6.92 Å². The molecule has 13 nitrogen and oxygen atoms in total. The number of hydrogen-bond acceptors (Lipinski definition) is 13. The Kier molecular flexibility index (Phi) is 16.0. The van der Waals surface area contributed by atoms with E-state index in [0.717, 1.165) is 6.42 Å². The number of ether oxygens (including phenoxy) is 8. The first kappa shape index (κ1) is 46.1. The van der Waals surface area contributed by atoms with Gasteiger partial charge in [-0.05, 0) is 73.4 Å². The van der Waals surface area contributed by atoms with Crippen LogP contribution in [-0.2, 0) is 47.5 Å². The summed E-state index contributed by atoms with van der Waals surface area (Å²) in [6, 6.07) is 0.00538. The Bertz CT molecular complexity index is 1200. The molecule has 0 saturated carbocycles. The van der Waals surface area contributed by atoms with Crippen molar-refractivity contribution in [3.63, 3.8) is 0 Å². The molecule has 13 heteroatoms. The summed E-state index contributed by atoms with van der Waals surface area (Å²) in [6.07, 6.45) is -5.37. The van der Waals surface area contributed by atoms with Gasteiger partial charge in [-0.15, -0.1) is 0 Å². The van der Waals surface area contributed by atoms with Gasteiger partial charge in [0, 0.05) is 51.5 Å². The van der Waals surface area contributed by atoms with Crippen LogP contribution in [-0.4, -0.2) is 141 Å². The number of Topliss-reactive ketones (excluding diaryl/α,β-unsaturated/α-hetero) is 1. The van der Waals surface area contributed by atoms with Gasteiger partial charge in [-0.25, -0.2) is 0 Å². The zero-order valence-electron chi connectivity index (χ0n) is 35.4. The molecule has 0 spiro atoms. The molecular formula is C40H73NO12. The number of ketones is 1. The molecule has 0 radical (unpaired) electrons. The molecule has 0 bridgehead atoms. The molecule has 310 valence electrons. The highest BCUT2D eigenvalue weighted by atomic mass is 16.7. The van der Waals surface area contributed by atoms with E-state index >= 15 is 0 Å². The Labute approximate surface area is 319 Å². The number of methoxy groups -OCH3 is 3. The summed E-state index contributed by atoms with van der Waals surface area (Å²) in [5, 5.41) is 23.2. The Morgan fingerprint density at radius 1 is 0.849 bits per heavy atom. The fraction of sp³-hybridized carbons (Fsp3) is 0.950. The van der Waals surface area contributed by atoms with Crippen LogP contribution in [0.2, 0.25) is 0 Å². The second kappa shape index (κ2) is 18.3. The summed E-state index contributed by atoms with van der Waals surface area (Å²) in [4.78, 5) is 30.4. The summed E-state index contributed by atoms with van der Waals surface area (Å²) in [6.45, 7) is 20.3. The monoisotopic (exact) mass is 760 g/mol. The van der Waals surface area contributed by atoms with Crippen LogP contribution < -0.4 is 0 Å². The van der Waals surface area contributed by atoms with E-state index in [0.29, 0.717) is 12.8 Å². The van der Waals surface area contributed by atoms with Crippen molar-refractivity contribution in [1.82, 2.24) is 4.90 Å². The van der Waals surface area contributed by atoms with Crippen molar-refractivity contribution in [2.45, 2.75) is 181 Å². The van der Waals surface area contributed by atoms with E-state index < -0.39 is 95.5 Å². The van der Waals surface area contributed by atoms with E-state index in [2.05, 4.69) is 4.90 Å². The van der Waals surface area contributed by atoms with E-state index in [-0.39, 0.29) is 30.5 Å². The molecule has 0 amide bonds. The molecule has 0 aromatic rings. The van der Waals surface area contributed by atoms with Crippen LogP contribution in [0.1, 0.15) is 102 Å². The van der Waals surface area contributed by atoms with Crippen molar-refractivity contribution in [3.05, 3.63) is 0 Å². The maximum atomic E-state index is 14.3. The van der Waals surface area contributed by atoms with E-state index in [4.69, 9.17) is 37.9 Å². The molecule has 16 unspecified atom stereocenters. The lowest BCUT2D eigenvalue weighted by Crippen LogP contribution is -2.60. The fourth-order valence-corrected chi connectivity index (χ4v) is 9.44. The lowest BCUT2D eigenvalue weighted by Gasteiger charge is -2.50. The average Bonchev–Trinajstić information content (AvgIpc) is 3.08. The molecule has 3 fully saturated rings. The molecule has 3 aliphatic rings. The first-order valence-corrected chi connectivity index (χ1v) is 19.5. The van der Waals surface area contributed by atoms with Crippen LogP contribution in [0.4, 0.5) is 0 Å². The first-order chi connectivity index (χ1) is 24.5. The molecule has 3 aliphatic heterocycles. The lowest BCUT2D eigenvalue weighted by atomic mass is 9.69. The number of cyclic esters (lactones) is 1. The molecule has 3 heterocycles. The maximum absolute atomic E-state index is 14.3. The van der Waals surface area contributed by atoms with Crippen LogP contribution in [0.3, 0.4) is 0 Å². The van der Waals surface area contributed by atoms with Crippen molar-refractivity contribution >= 4 is 11.8 Å². The third-order valence-electron chi connectivity index (χ3n) is 12.6. The second-order valence-corrected chi connectivity index (χ2v) is 17.5. The number of aliphatic hydroxyl groups is 2. The second-order valence-electron chi connectivity index (χ2n) is 17.5. The average molecular weight is 760 g/mol. The van der Waals surface area contributed by atoms with Gasteiger partial charge in [0.05, 0.1) is 42.0 Å². The van der Waals surface area contributed by atoms with Crippen molar-refractivity contribution in [2.75, 3.05) is 35.4 Å². The van der Waals surface area contributed by atoms with Crippen LogP contribution in [0.15, 0.2) is 0 Å². The predicted molar refractivity (Wildman–Crippen MR) is 199 cm³/mol. The van der Waals surface area contributed by atoms with Crippen molar-refractivity contribution in [3.8, 4) is 0 Å². The summed E-state index contributed by atoms with van der Waals surface area (Å²) in [7, 11) is 8.92. The smallest absolute Gasteiger partial charge is 0.311 e. The molecule has 2 N–H and O–H groups in total. The topological polar surface area (TPSA) is 152 Å². The van der Waals surface area contributed by atoms with Crippen LogP contribution >= 0.6 is 0 Å². The number of nitrogens with zero attached hydrogens (tertiary/aromatic N) is 1. The van der Waals surface area contributed by atoms with Gasteiger partial charge >= 0.3 is 5.97 Å². The van der Waals surface area contributed by atoms with Crippen molar-refractivity contribution in [2.24, 2.45) is 29.1 Å². The molecule has 0 aliphatic carbocycles. The summed E-state index contributed by atoms with van der Waals surface area (Å²) < 4.78 is 50.8. The van der Waals surface area contributed by atoms with Gasteiger partial charge in [0.25, 0.3) is 0 Å². The highest BCUT2D eigenvalue weighted by Gasteiger charge is 2.53. The SMILES string of the molecule is CC[C@H]1OC(=O)C(C)C(OC2CC(C)(OC)C(OC)C(C)O2)C(C)C(OC2OC(C)CC(N(C)C)C2OC)C(C)(C)CC(C)C(=O)C(C)C(O)C1(C)O. The summed E-state index contributed by atoms with van der Waals surface area (Å²) >= 11 is 0. The van der Waals surface area contributed by atoms with Crippen molar-refractivity contribution in [1.29, 1.82) is 0 Å². The fourth-order valence-electron chi connectivity index (χ4n) is 9.44. The number of likely N-dealkylation sites (N-methyl/N-ethyl adjacent to an activating group) is 1. The number of hydrogen-bond donors (Lipinski definition) is 2. The number of aliphatic hydroxyl groups excluding tert-OH is 1. The van der Waals surface area contributed by atoms with Gasteiger partial charge in [0.2, 0.25) is 0 Å². The third kappa shape index (κ3) is 10.0. The third-order valence-corrected chi connectivity index (χ3v) is 12.6. The van der Waals surface area contributed by atoms with Gasteiger partial charge in [0.1, 0.15) is 29.7 Å². The molecule has 0 aromatic carbocycles. The predicted octanol–water partition coefficient (Wildman–Crippen LogP) is 4.37. The summed E-state index contributed by atoms with van der Waals surface area (Å²) in [5.74, 6) is -3.70. The van der Waals surface area contributed by atoms with Gasteiger partial charge in [-0.3, -0.25) is 9.59 Å². The lowest BCUT2D eigenvalue weighted by molar-refractivity contribution is -0.316. The van der Waals surface area contributed by atoms with Gasteiger partial charge in [-0.2, -0.15) is 0 Å². The summed E-state index contributed by atoms with van der Waals surface area (Å²) in [5.41, 5.74) is -3.38. The quantitative estimate of drug-likeness (QED) is 0.321. The molecular weight excluding hydrogens is 686 g/mol. The minimum absolute atomic E-state index is 0.00538. The van der Waals surface area contributed by atoms with Gasteiger partial charge in [-0.1, -0.05) is 41.5 Å². The zero-order valence-corrected chi connectivity index (χ0v) is 35.4. The van der Waals surface area contributed by atoms with E-state index in [1.54, 1.807) is 42.1 Å². The number of carbonyl (C=O) groups excluding carboxylic acids is 2. The Balaban J connectivity index is 2.21. The molecule has 3 saturated heterocycles. The molecule has 17 atom stereocenters. The van der Waals surface area contributed by atoms with Crippen LogP contribution in [0.25, 0.3) is 0 Å². The first-order valence-electron chi connectivity index (χ1n) is 19.5. The van der Waals surface area contributed by atoms with E-state index in [1.807, 2.05) is 62.6 Å². The van der Waals surface area contributed by atoms with Crippen LogP contribution in [0, 0.1) is 29.1 Å². The Morgan fingerprint density at radius 2 is 1.47 bits per heavy atom. The highest BCUT2D eigenvalue weighted by Crippen LogP contribution is 2.44. The normalized spacial score (nSPS) is 46.5. The number of esters is 1. The molecule has 0 aromatic heterocycles. The minimum Gasteiger partial charge on any atom is -0.459 e. The van der Waals surface area contributed by atoms with E-state index in [9.17, 15) is 19.8 Å². The van der Waals surface area contributed by atoms with Gasteiger partial charge < -0.3 is 53.0 Å². The Hall–Kier alpha value is -1.26. The highest BCUT2D eigenvalue weighted by molar-refractivity contribution is 5.83. The zero-order chi connectivity index (χ0) is 40.4. The van der Waals surface area contributed by atoms with Crippen molar-refractivity contribution < 1.29 is 57.7 Å². The van der Waals surface area contributed by atoms with Crippen LogP contribution in [0.5, 0.6) is 0 Å².